The molecule has 0 amide bonds. The molecule has 2 N–H and O–H groups in total. The van der Waals surface area contributed by atoms with Crippen molar-refractivity contribution in [1.82, 2.24) is 0 Å². The van der Waals surface area contributed by atoms with Crippen molar-refractivity contribution in [2.24, 2.45) is 29.1 Å². The number of fused-ring (bicyclic) bond motifs is 5. The Morgan fingerprint density at radius 2 is 1.86 bits per heavy atom. The summed E-state index contributed by atoms with van der Waals surface area (Å²) in [5.74, 6) is 2.46. The first-order valence-corrected chi connectivity index (χ1v) is 8.65. The average molecular weight is 290 g/mol. The second kappa shape index (κ2) is 4.58. The van der Waals surface area contributed by atoms with E-state index in [0.29, 0.717) is 30.1 Å². The summed E-state index contributed by atoms with van der Waals surface area (Å²) in [6.07, 6.45) is 7.72. The van der Waals surface area contributed by atoms with Gasteiger partial charge in [-0.05, 0) is 79.6 Å². The highest BCUT2D eigenvalue weighted by Crippen LogP contribution is 2.61. The first kappa shape index (κ1) is 13.8. The number of carbonyl (C=O) groups excluding carboxylic acids is 1. The third-order valence-electron chi connectivity index (χ3n) is 7.40. The molecule has 0 aromatic rings. The lowest BCUT2D eigenvalue weighted by Gasteiger charge is -2.53. The second-order valence-electron chi connectivity index (χ2n) is 8.05. The molecule has 0 aromatic carbocycles. The third kappa shape index (κ3) is 1.79. The van der Waals surface area contributed by atoms with E-state index >= 15 is 0 Å². The SMILES string of the molecule is C[C@]12CC[C@H]3[C@@H](CCC4=C(O)C(=O)CC[C@@H]43)[C@@H]1CC[C@@H]2O. The maximum atomic E-state index is 11.7. The molecule has 3 nitrogen and oxygen atoms in total. The number of aliphatic hydroxyl groups is 2. The summed E-state index contributed by atoms with van der Waals surface area (Å²) < 4.78 is 0. The fraction of sp³-hybridized carbons (Fsp3) is 0.833. The quantitative estimate of drug-likeness (QED) is 0.719. The van der Waals surface area contributed by atoms with E-state index in [-0.39, 0.29) is 23.1 Å². The third-order valence-corrected chi connectivity index (χ3v) is 7.40. The standard InChI is InChI=1S/C18H26O3/c1-18-9-8-11-10-4-6-15(19)17(21)13(10)3-2-12(11)14(18)5-7-16(18)20/h10-12,14,16,20-21H,2-9H2,1H3/t10-,11-,12-,14+,16+,18+/m1/s1. The molecule has 0 saturated heterocycles. The minimum atomic E-state index is -0.123. The van der Waals surface area contributed by atoms with Crippen LogP contribution in [0.1, 0.15) is 58.3 Å². The van der Waals surface area contributed by atoms with Crippen molar-refractivity contribution in [2.45, 2.75) is 64.4 Å². The van der Waals surface area contributed by atoms with E-state index < -0.39 is 0 Å². The molecule has 21 heavy (non-hydrogen) atoms. The molecule has 3 saturated carbocycles. The number of ketones is 1. The van der Waals surface area contributed by atoms with Gasteiger partial charge in [-0.25, -0.2) is 0 Å². The Morgan fingerprint density at radius 3 is 2.67 bits per heavy atom. The van der Waals surface area contributed by atoms with Crippen molar-refractivity contribution in [1.29, 1.82) is 0 Å². The van der Waals surface area contributed by atoms with Gasteiger partial charge in [0.2, 0.25) is 0 Å². The Kier molecular flexibility index (Phi) is 3.01. The first-order valence-electron chi connectivity index (χ1n) is 8.65. The molecule has 3 fully saturated rings. The van der Waals surface area contributed by atoms with Crippen molar-refractivity contribution in [3.8, 4) is 0 Å². The predicted molar refractivity (Wildman–Crippen MR) is 79.7 cm³/mol. The average Bonchev–Trinajstić information content (AvgIpc) is 2.78. The van der Waals surface area contributed by atoms with Gasteiger partial charge >= 0.3 is 0 Å². The fourth-order valence-corrected chi connectivity index (χ4v) is 6.24. The van der Waals surface area contributed by atoms with Crippen molar-refractivity contribution < 1.29 is 15.0 Å². The van der Waals surface area contributed by atoms with Gasteiger partial charge < -0.3 is 10.2 Å². The van der Waals surface area contributed by atoms with Gasteiger partial charge in [0, 0.05) is 6.42 Å². The lowest BCUT2D eigenvalue weighted by molar-refractivity contribution is -0.120. The largest absolute Gasteiger partial charge is 0.504 e. The number of Topliss-reactive ketones (excluding diaryl/α,β-unsaturated/α-hetero) is 1. The zero-order valence-electron chi connectivity index (χ0n) is 12.8. The molecule has 0 bridgehead atoms. The molecule has 0 spiro atoms. The molecule has 3 heteroatoms. The van der Waals surface area contributed by atoms with E-state index in [1.54, 1.807) is 0 Å². The van der Waals surface area contributed by atoms with Gasteiger partial charge in [0.25, 0.3) is 0 Å². The zero-order chi connectivity index (χ0) is 14.8. The molecule has 4 aliphatic rings. The number of allylic oxidation sites excluding steroid dienone is 1. The minimum Gasteiger partial charge on any atom is -0.504 e. The highest BCUT2D eigenvalue weighted by molar-refractivity contribution is 5.94. The van der Waals surface area contributed by atoms with Crippen molar-refractivity contribution in [3.63, 3.8) is 0 Å². The summed E-state index contributed by atoms with van der Waals surface area (Å²) in [6.45, 7) is 2.29. The molecule has 0 radical (unpaired) electrons. The van der Waals surface area contributed by atoms with E-state index in [1.165, 1.54) is 0 Å². The smallest absolute Gasteiger partial charge is 0.197 e. The maximum absolute atomic E-state index is 11.7. The zero-order valence-corrected chi connectivity index (χ0v) is 12.8. The van der Waals surface area contributed by atoms with Crippen LogP contribution in [0.15, 0.2) is 11.3 Å². The molecule has 0 aliphatic heterocycles. The van der Waals surface area contributed by atoms with Crippen LogP contribution in [0.2, 0.25) is 0 Å². The van der Waals surface area contributed by atoms with Crippen LogP contribution >= 0.6 is 0 Å². The van der Waals surface area contributed by atoms with Crippen LogP contribution < -0.4 is 0 Å². The van der Waals surface area contributed by atoms with Gasteiger partial charge in [0.05, 0.1) is 6.10 Å². The Bertz CT molecular complexity index is 509. The first-order chi connectivity index (χ1) is 10.0. The van der Waals surface area contributed by atoms with Gasteiger partial charge in [-0.15, -0.1) is 0 Å². The second-order valence-corrected chi connectivity index (χ2v) is 8.05. The summed E-state index contributed by atoms with van der Waals surface area (Å²) in [5.41, 5.74) is 1.18. The predicted octanol–water partition coefficient (Wildman–Crippen LogP) is 3.37. The summed E-state index contributed by atoms with van der Waals surface area (Å²) in [5, 5.41) is 20.5. The topological polar surface area (TPSA) is 57.5 Å². The van der Waals surface area contributed by atoms with Crippen LogP contribution in [0.25, 0.3) is 0 Å². The summed E-state index contributed by atoms with van der Waals surface area (Å²) >= 11 is 0. The van der Waals surface area contributed by atoms with Gasteiger partial charge in [0.15, 0.2) is 11.5 Å². The van der Waals surface area contributed by atoms with Gasteiger partial charge in [-0.1, -0.05) is 6.92 Å². The molecule has 4 aliphatic carbocycles. The number of aliphatic hydroxyl groups excluding tert-OH is 2. The minimum absolute atomic E-state index is 0.0448. The normalized spacial score (nSPS) is 49.6. The summed E-state index contributed by atoms with van der Waals surface area (Å²) in [4.78, 5) is 11.7. The monoisotopic (exact) mass is 290 g/mol. The number of rotatable bonds is 0. The van der Waals surface area contributed by atoms with Crippen LogP contribution in [0, 0.1) is 29.1 Å². The number of carbonyl (C=O) groups is 1. The van der Waals surface area contributed by atoms with E-state index in [2.05, 4.69) is 6.92 Å². The van der Waals surface area contributed by atoms with Crippen LogP contribution in [0.3, 0.4) is 0 Å². The highest BCUT2D eigenvalue weighted by atomic mass is 16.3. The van der Waals surface area contributed by atoms with Crippen LogP contribution in [0.5, 0.6) is 0 Å². The van der Waals surface area contributed by atoms with Crippen LogP contribution in [-0.2, 0) is 4.79 Å². The van der Waals surface area contributed by atoms with Gasteiger partial charge in [0.1, 0.15) is 0 Å². The molecule has 0 aromatic heterocycles. The highest BCUT2D eigenvalue weighted by Gasteiger charge is 2.56. The Balaban J connectivity index is 1.66. The van der Waals surface area contributed by atoms with E-state index in [9.17, 15) is 15.0 Å². The van der Waals surface area contributed by atoms with Gasteiger partial charge in [-0.3, -0.25) is 4.79 Å². The number of hydrogen-bond acceptors (Lipinski definition) is 3. The summed E-state index contributed by atoms with van der Waals surface area (Å²) in [7, 11) is 0. The molecule has 0 unspecified atom stereocenters. The molecule has 116 valence electrons. The van der Waals surface area contributed by atoms with Crippen molar-refractivity contribution in [2.75, 3.05) is 0 Å². The van der Waals surface area contributed by atoms with E-state index in [4.69, 9.17) is 0 Å². The number of hydrogen-bond donors (Lipinski definition) is 2. The van der Waals surface area contributed by atoms with E-state index in [0.717, 1.165) is 50.5 Å². The Hall–Kier alpha value is -0.830. The Labute approximate surface area is 126 Å². The van der Waals surface area contributed by atoms with Crippen molar-refractivity contribution in [3.05, 3.63) is 11.3 Å². The van der Waals surface area contributed by atoms with Crippen LogP contribution in [0.4, 0.5) is 0 Å². The molecular formula is C18H26O3. The molecular weight excluding hydrogens is 264 g/mol. The van der Waals surface area contributed by atoms with Gasteiger partial charge in [-0.2, -0.15) is 0 Å². The van der Waals surface area contributed by atoms with Crippen molar-refractivity contribution >= 4 is 5.78 Å². The lowest BCUT2D eigenvalue weighted by atomic mass is 9.52. The molecule has 0 heterocycles. The van der Waals surface area contributed by atoms with E-state index in [1.807, 2.05) is 0 Å². The van der Waals surface area contributed by atoms with Crippen LogP contribution in [-0.4, -0.2) is 22.1 Å². The summed E-state index contributed by atoms with van der Waals surface area (Å²) in [6, 6.07) is 0. The lowest BCUT2D eigenvalue weighted by Crippen LogP contribution is -2.47. The molecule has 6 atom stereocenters. The fourth-order valence-electron chi connectivity index (χ4n) is 6.24. The Morgan fingerprint density at radius 1 is 1.05 bits per heavy atom. The maximum Gasteiger partial charge on any atom is 0.197 e. The molecule has 4 rings (SSSR count).